The summed E-state index contributed by atoms with van der Waals surface area (Å²) in [5.41, 5.74) is 1.60. The Morgan fingerprint density at radius 3 is 2.89 bits per heavy atom. The number of halogens is 3. The highest BCUT2D eigenvalue weighted by molar-refractivity contribution is 14.1. The van der Waals surface area contributed by atoms with Gasteiger partial charge in [0.15, 0.2) is 0 Å². The van der Waals surface area contributed by atoms with Crippen molar-refractivity contribution in [1.29, 1.82) is 0 Å². The quantitative estimate of drug-likeness (QED) is 0.670. The van der Waals surface area contributed by atoms with Gasteiger partial charge in [-0.25, -0.2) is 4.98 Å². The van der Waals surface area contributed by atoms with Crippen LogP contribution in [0.3, 0.4) is 0 Å². The summed E-state index contributed by atoms with van der Waals surface area (Å²) < 4.78 is 3.12. The SMILES string of the molecule is Cc1ncn(Cc2ccc(Br)cc2Cl)c(=O)c1I. The summed E-state index contributed by atoms with van der Waals surface area (Å²) in [6.07, 6.45) is 1.55. The van der Waals surface area contributed by atoms with E-state index in [1.807, 2.05) is 47.7 Å². The molecule has 94 valence electrons. The highest BCUT2D eigenvalue weighted by Gasteiger charge is 2.07. The van der Waals surface area contributed by atoms with Crippen LogP contribution in [0.1, 0.15) is 11.3 Å². The Kier molecular flexibility index (Phi) is 4.45. The molecule has 18 heavy (non-hydrogen) atoms. The first-order valence-corrected chi connectivity index (χ1v) is 7.39. The molecule has 0 amide bonds. The van der Waals surface area contributed by atoms with Crippen LogP contribution in [0.2, 0.25) is 5.02 Å². The van der Waals surface area contributed by atoms with Crippen LogP contribution in [0.5, 0.6) is 0 Å². The maximum Gasteiger partial charge on any atom is 0.267 e. The zero-order valence-corrected chi connectivity index (χ0v) is 14.0. The van der Waals surface area contributed by atoms with Crippen molar-refractivity contribution in [3.8, 4) is 0 Å². The Balaban J connectivity index is 2.41. The largest absolute Gasteiger partial charge is 0.294 e. The Bertz CT molecular complexity index is 657. The summed E-state index contributed by atoms with van der Waals surface area (Å²) in [5.74, 6) is 0. The van der Waals surface area contributed by atoms with Gasteiger partial charge >= 0.3 is 0 Å². The highest BCUT2D eigenvalue weighted by Crippen LogP contribution is 2.21. The second-order valence-electron chi connectivity index (χ2n) is 3.81. The van der Waals surface area contributed by atoms with E-state index in [1.165, 1.54) is 0 Å². The Hall–Kier alpha value is -0.400. The number of hydrogen-bond donors (Lipinski definition) is 0. The van der Waals surface area contributed by atoms with Crippen molar-refractivity contribution in [3.05, 3.63) is 59.2 Å². The van der Waals surface area contributed by atoms with E-state index in [1.54, 1.807) is 10.9 Å². The van der Waals surface area contributed by atoms with E-state index in [0.717, 1.165) is 15.7 Å². The minimum atomic E-state index is -0.0397. The maximum atomic E-state index is 12.0. The number of benzene rings is 1. The molecule has 2 aromatic rings. The molecule has 0 aliphatic carbocycles. The van der Waals surface area contributed by atoms with Crippen LogP contribution in [0, 0.1) is 10.5 Å². The van der Waals surface area contributed by atoms with Gasteiger partial charge in [-0.2, -0.15) is 0 Å². The summed E-state index contributed by atoms with van der Waals surface area (Å²) in [6, 6.07) is 5.61. The van der Waals surface area contributed by atoms with Crippen molar-refractivity contribution in [2.45, 2.75) is 13.5 Å². The van der Waals surface area contributed by atoms with Crippen LogP contribution in [-0.4, -0.2) is 9.55 Å². The Morgan fingerprint density at radius 1 is 1.50 bits per heavy atom. The fraction of sp³-hybridized carbons (Fsp3) is 0.167. The number of rotatable bonds is 2. The molecule has 0 saturated carbocycles. The monoisotopic (exact) mass is 438 g/mol. The fourth-order valence-corrected chi connectivity index (χ4v) is 2.67. The third kappa shape index (κ3) is 2.95. The molecule has 6 heteroatoms. The molecule has 0 atom stereocenters. The van der Waals surface area contributed by atoms with Gasteiger partial charge in [0.1, 0.15) is 0 Å². The lowest BCUT2D eigenvalue weighted by Crippen LogP contribution is -2.24. The lowest BCUT2D eigenvalue weighted by Gasteiger charge is -2.08. The molecule has 1 aromatic carbocycles. The van der Waals surface area contributed by atoms with Crippen molar-refractivity contribution < 1.29 is 0 Å². The van der Waals surface area contributed by atoms with E-state index < -0.39 is 0 Å². The molecule has 0 fully saturated rings. The molecule has 0 N–H and O–H groups in total. The minimum Gasteiger partial charge on any atom is -0.294 e. The van der Waals surface area contributed by atoms with Gasteiger partial charge in [-0.3, -0.25) is 9.36 Å². The molecule has 0 aliphatic rings. The molecule has 1 heterocycles. The van der Waals surface area contributed by atoms with E-state index in [-0.39, 0.29) is 5.56 Å². The highest BCUT2D eigenvalue weighted by atomic mass is 127. The van der Waals surface area contributed by atoms with E-state index in [4.69, 9.17) is 11.6 Å². The van der Waals surface area contributed by atoms with Gasteiger partial charge in [0.05, 0.1) is 22.1 Å². The van der Waals surface area contributed by atoms with Crippen LogP contribution in [0.4, 0.5) is 0 Å². The molecule has 0 aliphatic heterocycles. The van der Waals surface area contributed by atoms with Crippen molar-refractivity contribution in [2.75, 3.05) is 0 Å². The predicted molar refractivity (Wildman–Crippen MR) is 84.2 cm³/mol. The predicted octanol–water partition coefficient (Wildman–Crippen LogP) is 3.62. The molecular formula is C12H9BrClIN2O. The summed E-state index contributed by atoms with van der Waals surface area (Å²) in [7, 11) is 0. The summed E-state index contributed by atoms with van der Waals surface area (Å²) >= 11 is 11.5. The first-order chi connectivity index (χ1) is 8.49. The van der Waals surface area contributed by atoms with Crippen LogP contribution in [-0.2, 0) is 6.54 Å². The van der Waals surface area contributed by atoms with Gasteiger partial charge in [-0.1, -0.05) is 33.6 Å². The van der Waals surface area contributed by atoms with E-state index in [0.29, 0.717) is 15.1 Å². The smallest absolute Gasteiger partial charge is 0.267 e. The second kappa shape index (κ2) is 5.71. The average Bonchev–Trinajstić information content (AvgIpc) is 2.33. The topological polar surface area (TPSA) is 34.9 Å². The van der Waals surface area contributed by atoms with E-state index in [2.05, 4.69) is 20.9 Å². The van der Waals surface area contributed by atoms with Crippen LogP contribution in [0.15, 0.2) is 33.8 Å². The lowest BCUT2D eigenvalue weighted by atomic mass is 10.2. The van der Waals surface area contributed by atoms with E-state index >= 15 is 0 Å². The van der Waals surface area contributed by atoms with Gasteiger partial charge in [0.2, 0.25) is 0 Å². The Morgan fingerprint density at radius 2 is 2.22 bits per heavy atom. The van der Waals surface area contributed by atoms with Crippen molar-refractivity contribution in [2.24, 2.45) is 0 Å². The standard InChI is InChI=1S/C12H9BrClIN2O/c1-7-11(15)12(18)17(6-16-7)5-8-2-3-9(13)4-10(8)14/h2-4,6H,5H2,1H3. The number of aromatic nitrogens is 2. The third-order valence-electron chi connectivity index (χ3n) is 2.51. The fourth-order valence-electron chi connectivity index (χ4n) is 1.49. The summed E-state index contributed by atoms with van der Waals surface area (Å²) in [5, 5.41) is 0.631. The van der Waals surface area contributed by atoms with Crippen LogP contribution < -0.4 is 5.56 Å². The maximum absolute atomic E-state index is 12.0. The number of nitrogens with zero attached hydrogens (tertiary/aromatic N) is 2. The zero-order valence-electron chi connectivity index (χ0n) is 9.45. The second-order valence-corrected chi connectivity index (χ2v) is 6.21. The molecule has 0 radical (unpaired) electrons. The minimum absolute atomic E-state index is 0.0397. The third-order valence-corrected chi connectivity index (χ3v) is 4.60. The van der Waals surface area contributed by atoms with Gasteiger partial charge in [-0.15, -0.1) is 0 Å². The van der Waals surface area contributed by atoms with Crippen LogP contribution in [0.25, 0.3) is 0 Å². The van der Waals surface area contributed by atoms with Gasteiger partial charge < -0.3 is 0 Å². The van der Waals surface area contributed by atoms with Gasteiger partial charge in [-0.05, 0) is 47.2 Å². The average molecular weight is 439 g/mol. The summed E-state index contributed by atoms with van der Waals surface area (Å²) in [6.45, 7) is 2.24. The van der Waals surface area contributed by atoms with Crippen molar-refractivity contribution in [1.82, 2.24) is 9.55 Å². The zero-order chi connectivity index (χ0) is 13.3. The van der Waals surface area contributed by atoms with E-state index in [9.17, 15) is 4.79 Å². The molecule has 0 bridgehead atoms. The molecular weight excluding hydrogens is 430 g/mol. The molecule has 3 nitrogen and oxygen atoms in total. The van der Waals surface area contributed by atoms with Crippen LogP contribution >= 0.6 is 50.1 Å². The van der Waals surface area contributed by atoms with Gasteiger partial charge in [0, 0.05) is 9.50 Å². The first kappa shape index (κ1) is 14.0. The van der Waals surface area contributed by atoms with Gasteiger partial charge in [0.25, 0.3) is 5.56 Å². The van der Waals surface area contributed by atoms with Crippen molar-refractivity contribution in [3.63, 3.8) is 0 Å². The molecule has 0 saturated heterocycles. The Labute approximate surface area is 131 Å². The molecule has 2 rings (SSSR count). The number of aryl methyl sites for hydroxylation is 1. The van der Waals surface area contributed by atoms with Crippen molar-refractivity contribution >= 4 is 50.1 Å². The molecule has 0 unspecified atom stereocenters. The summed E-state index contributed by atoms with van der Waals surface area (Å²) in [4.78, 5) is 16.2. The first-order valence-electron chi connectivity index (χ1n) is 5.14. The molecule has 0 spiro atoms. The normalized spacial score (nSPS) is 10.7. The molecule has 1 aromatic heterocycles. The number of hydrogen-bond acceptors (Lipinski definition) is 2. The lowest BCUT2D eigenvalue weighted by molar-refractivity contribution is 0.724.